The maximum atomic E-state index is 5.15. The molecule has 58 valence electrons. The van der Waals surface area contributed by atoms with Crippen LogP contribution < -0.4 is 0 Å². The van der Waals surface area contributed by atoms with E-state index in [1.165, 1.54) is 5.56 Å². The molecule has 0 unspecified atom stereocenters. The van der Waals surface area contributed by atoms with Crippen molar-refractivity contribution in [3.05, 3.63) is 17.5 Å². The van der Waals surface area contributed by atoms with Crippen molar-refractivity contribution in [2.75, 3.05) is 0 Å². The number of terminal acetylenes is 1. The Balaban J connectivity index is 2.71. The number of aromatic nitrogens is 2. The van der Waals surface area contributed by atoms with Crippen LogP contribution in [0.2, 0.25) is 0 Å². The molecule has 0 bridgehead atoms. The first kappa shape index (κ1) is 7.87. The lowest BCUT2D eigenvalue weighted by Gasteiger charge is -1.90. The van der Waals surface area contributed by atoms with E-state index in [1.807, 2.05) is 17.9 Å². The topological polar surface area (TPSA) is 17.8 Å². The molecular weight excluding hydrogens is 136 g/mol. The van der Waals surface area contributed by atoms with Crippen LogP contribution in [0.3, 0.4) is 0 Å². The molecule has 0 saturated carbocycles. The highest BCUT2D eigenvalue weighted by atomic mass is 15.2. The van der Waals surface area contributed by atoms with E-state index in [0.29, 0.717) is 0 Å². The van der Waals surface area contributed by atoms with Crippen molar-refractivity contribution in [3.63, 3.8) is 0 Å². The van der Waals surface area contributed by atoms with Gasteiger partial charge in [-0.1, -0.05) is 0 Å². The maximum Gasteiger partial charge on any atom is 0.0663 e. The van der Waals surface area contributed by atoms with Gasteiger partial charge in [-0.2, -0.15) is 5.10 Å². The first-order valence-electron chi connectivity index (χ1n) is 3.66. The molecule has 0 aliphatic carbocycles. The fourth-order valence-corrected chi connectivity index (χ4v) is 1.09. The molecule has 1 rings (SSSR count). The second-order valence-corrected chi connectivity index (χ2v) is 2.64. The summed E-state index contributed by atoms with van der Waals surface area (Å²) in [7, 11) is 1.92. The number of hydrogen-bond donors (Lipinski definition) is 0. The molecule has 1 aromatic rings. The van der Waals surface area contributed by atoms with Gasteiger partial charge in [-0.25, -0.2) is 0 Å². The second-order valence-electron chi connectivity index (χ2n) is 2.64. The normalized spacial score (nSPS) is 9.55. The lowest BCUT2D eigenvalue weighted by molar-refractivity contribution is 0.741. The van der Waals surface area contributed by atoms with Gasteiger partial charge in [0.05, 0.1) is 5.69 Å². The van der Waals surface area contributed by atoms with Crippen LogP contribution >= 0.6 is 0 Å². The Morgan fingerprint density at radius 1 is 1.73 bits per heavy atom. The van der Waals surface area contributed by atoms with Gasteiger partial charge < -0.3 is 0 Å². The fourth-order valence-electron chi connectivity index (χ4n) is 1.09. The van der Waals surface area contributed by atoms with Crippen molar-refractivity contribution >= 4 is 0 Å². The molecule has 2 heteroatoms. The van der Waals surface area contributed by atoms with Crippen molar-refractivity contribution in [3.8, 4) is 12.3 Å². The summed E-state index contributed by atoms with van der Waals surface area (Å²) in [4.78, 5) is 0. The fraction of sp³-hybridized carbons (Fsp3) is 0.444. The summed E-state index contributed by atoms with van der Waals surface area (Å²) >= 11 is 0. The predicted molar refractivity (Wildman–Crippen MR) is 45.1 cm³/mol. The van der Waals surface area contributed by atoms with Gasteiger partial charge in [-0.05, 0) is 12.5 Å². The monoisotopic (exact) mass is 148 g/mol. The largest absolute Gasteiger partial charge is 0.275 e. The zero-order chi connectivity index (χ0) is 8.27. The first-order chi connectivity index (χ1) is 5.24. The van der Waals surface area contributed by atoms with Gasteiger partial charge in [-0.3, -0.25) is 4.68 Å². The Morgan fingerprint density at radius 2 is 2.45 bits per heavy atom. The Morgan fingerprint density at radius 3 is 2.91 bits per heavy atom. The van der Waals surface area contributed by atoms with Gasteiger partial charge in [0.2, 0.25) is 0 Å². The summed E-state index contributed by atoms with van der Waals surface area (Å²) in [5, 5.41) is 4.27. The lowest BCUT2D eigenvalue weighted by Crippen LogP contribution is -1.91. The molecule has 0 spiro atoms. The summed E-state index contributed by atoms with van der Waals surface area (Å²) in [5.74, 6) is 2.60. The Labute approximate surface area is 67.2 Å². The molecule has 0 radical (unpaired) electrons. The minimum absolute atomic E-state index is 0.776. The third-order valence-corrected chi connectivity index (χ3v) is 1.62. The third-order valence-electron chi connectivity index (χ3n) is 1.62. The number of aryl methyl sites for hydroxylation is 3. The van der Waals surface area contributed by atoms with Crippen LogP contribution in [0.15, 0.2) is 6.20 Å². The molecule has 11 heavy (non-hydrogen) atoms. The SMILES string of the molecule is C#CCCc1nn(C)cc1C. The molecule has 0 aliphatic heterocycles. The summed E-state index contributed by atoms with van der Waals surface area (Å²) < 4.78 is 1.82. The van der Waals surface area contributed by atoms with E-state index in [9.17, 15) is 0 Å². The summed E-state index contributed by atoms with van der Waals surface area (Å²) in [6.45, 7) is 2.05. The zero-order valence-electron chi connectivity index (χ0n) is 6.96. The van der Waals surface area contributed by atoms with E-state index in [2.05, 4.69) is 17.9 Å². The van der Waals surface area contributed by atoms with E-state index >= 15 is 0 Å². The maximum absolute atomic E-state index is 5.15. The van der Waals surface area contributed by atoms with Gasteiger partial charge in [-0.15, -0.1) is 12.3 Å². The van der Waals surface area contributed by atoms with Crippen molar-refractivity contribution in [1.29, 1.82) is 0 Å². The van der Waals surface area contributed by atoms with E-state index in [-0.39, 0.29) is 0 Å². The number of nitrogens with zero attached hydrogens (tertiary/aromatic N) is 2. The van der Waals surface area contributed by atoms with E-state index < -0.39 is 0 Å². The number of hydrogen-bond acceptors (Lipinski definition) is 1. The highest BCUT2D eigenvalue weighted by molar-refractivity contribution is 5.15. The predicted octanol–water partition coefficient (Wildman–Crippen LogP) is 1.29. The number of rotatable bonds is 2. The van der Waals surface area contributed by atoms with E-state index in [4.69, 9.17) is 6.42 Å². The van der Waals surface area contributed by atoms with Crippen LogP contribution in [-0.4, -0.2) is 9.78 Å². The molecule has 0 aliphatic rings. The standard InChI is InChI=1S/C9H12N2/c1-4-5-6-9-8(2)7-11(3)10-9/h1,7H,5-6H2,2-3H3. The van der Waals surface area contributed by atoms with Crippen molar-refractivity contribution in [1.82, 2.24) is 9.78 Å². The minimum atomic E-state index is 0.776. The molecule has 1 aromatic heterocycles. The van der Waals surface area contributed by atoms with Crippen LogP contribution in [0, 0.1) is 19.3 Å². The Bertz CT molecular complexity index is 278. The van der Waals surface area contributed by atoms with Gasteiger partial charge in [0.1, 0.15) is 0 Å². The molecule has 2 nitrogen and oxygen atoms in total. The Kier molecular flexibility index (Phi) is 2.32. The van der Waals surface area contributed by atoms with Crippen molar-refractivity contribution in [2.24, 2.45) is 7.05 Å². The molecule has 0 N–H and O–H groups in total. The molecule has 0 amide bonds. The molecule has 0 fully saturated rings. The highest BCUT2D eigenvalue weighted by Crippen LogP contribution is 2.05. The smallest absolute Gasteiger partial charge is 0.0663 e. The van der Waals surface area contributed by atoms with Gasteiger partial charge >= 0.3 is 0 Å². The van der Waals surface area contributed by atoms with Crippen LogP contribution in [0.1, 0.15) is 17.7 Å². The molecule has 0 aromatic carbocycles. The minimum Gasteiger partial charge on any atom is -0.275 e. The van der Waals surface area contributed by atoms with Gasteiger partial charge in [0.25, 0.3) is 0 Å². The van der Waals surface area contributed by atoms with Crippen LogP contribution in [0.25, 0.3) is 0 Å². The zero-order valence-corrected chi connectivity index (χ0v) is 6.96. The third kappa shape index (κ3) is 1.84. The van der Waals surface area contributed by atoms with E-state index in [1.54, 1.807) is 0 Å². The van der Waals surface area contributed by atoms with E-state index in [0.717, 1.165) is 18.5 Å². The average molecular weight is 148 g/mol. The summed E-state index contributed by atoms with van der Waals surface area (Å²) in [6, 6.07) is 0. The van der Waals surface area contributed by atoms with Crippen LogP contribution in [0.5, 0.6) is 0 Å². The highest BCUT2D eigenvalue weighted by Gasteiger charge is 2.00. The van der Waals surface area contributed by atoms with Crippen molar-refractivity contribution < 1.29 is 0 Å². The van der Waals surface area contributed by atoms with Crippen molar-refractivity contribution in [2.45, 2.75) is 19.8 Å². The molecular formula is C9H12N2. The molecule has 1 heterocycles. The van der Waals surface area contributed by atoms with Crippen LogP contribution in [0.4, 0.5) is 0 Å². The lowest BCUT2D eigenvalue weighted by atomic mass is 10.2. The summed E-state index contributed by atoms with van der Waals surface area (Å²) in [5.41, 5.74) is 2.34. The second kappa shape index (κ2) is 3.25. The van der Waals surface area contributed by atoms with Crippen LogP contribution in [-0.2, 0) is 13.5 Å². The van der Waals surface area contributed by atoms with Gasteiger partial charge in [0, 0.05) is 26.1 Å². The first-order valence-corrected chi connectivity index (χ1v) is 3.66. The molecule has 0 atom stereocenters. The molecule has 0 saturated heterocycles. The quantitative estimate of drug-likeness (QED) is 0.578. The Hall–Kier alpha value is -1.23. The van der Waals surface area contributed by atoms with Gasteiger partial charge in [0.15, 0.2) is 0 Å². The average Bonchev–Trinajstić information content (AvgIpc) is 2.26. The summed E-state index contributed by atoms with van der Waals surface area (Å²) in [6.07, 6.45) is 8.82.